The second kappa shape index (κ2) is 6.67. The van der Waals surface area contributed by atoms with E-state index in [1.807, 2.05) is 42.5 Å². The van der Waals surface area contributed by atoms with Crippen LogP contribution in [0.1, 0.15) is 29.3 Å². The first-order valence-electron chi connectivity index (χ1n) is 7.68. The molecule has 114 valence electrons. The Morgan fingerprint density at radius 2 is 1.77 bits per heavy atom. The van der Waals surface area contributed by atoms with Crippen LogP contribution in [-0.2, 0) is 6.42 Å². The second-order valence-electron chi connectivity index (χ2n) is 5.81. The van der Waals surface area contributed by atoms with Crippen molar-refractivity contribution < 1.29 is 9.90 Å². The van der Waals surface area contributed by atoms with Crippen molar-refractivity contribution in [3.05, 3.63) is 65.7 Å². The largest absolute Gasteiger partial charge is 0.393 e. The molecule has 0 amide bonds. The normalized spacial score (nSPS) is 22.2. The number of hydrogen-bond acceptors (Lipinski definition) is 3. The number of fused-ring (bicyclic) bond motifs is 1. The number of rotatable bonds is 4. The van der Waals surface area contributed by atoms with Gasteiger partial charge in [-0.2, -0.15) is 0 Å². The third-order valence-electron chi connectivity index (χ3n) is 4.21. The summed E-state index contributed by atoms with van der Waals surface area (Å²) in [5, 5.41) is 10.2. The van der Waals surface area contributed by atoms with Gasteiger partial charge in [0.25, 0.3) is 0 Å². The number of carbonyl (C=O) groups excluding carboxylic acids is 1. The third-order valence-corrected chi connectivity index (χ3v) is 5.66. The molecule has 0 spiro atoms. The monoisotopic (exact) mass is 312 g/mol. The van der Waals surface area contributed by atoms with E-state index in [0.717, 1.165) is 23.3 Å². The zero-order valence-corrected chi connectivity index (χ0v) is 13.4. The molecule has 0 fully saturated rings. The van der Waals surface area contributed by atoms with Gasteiger partial charge in [0.2, 0.25) is 0 Å². The van der Waals surface area contributed by atoms with Gasteiger partial charge < -0.3 is 5.11 Å². The van der Waals surface area contributed by atoms with Crippen LogP contribution in [0.4, 0.5) is 0 Å². The SMILES string of the molecule is C[C@@H](O)[C@@H]1C(=O)c2ccccc2S[C@@H]1CCc1ccccc1. The van der Waals surface area contributed by atoms with Gasteiger partial charge in [-0.05, 0) is 31.4 Å². The highest BCUT2D eigenvalue weighted by atomic mass is 32.2. The fourth-order valence-electron chi connectivity index (χ4n) is 3.08. The van der Waals surface area contributed by atoms with E-state index in [4.69, 9.17) is 0 Å². The predicted molar refractivity (Wildman–Crippen MR) is 90.4 cm³/mol. The van der Waals surface area contributed by atoms with Gasteiger partial charge in [0.05, 0.1) is 12.0 Å². The molecule has 0 bridgehead atoms. The summed E-state index contributed by atoms with van der Waals surface area (Å²) in [5.74, 6) is -0.231. The molecule has 0 saturated heterocycles. The zero-order chi connectivity index (χ0) is 15.5. The molecule has 0 radical (unpaired) electrons. The first-order valence-corrected chi connectivity index (χ1v) is 8.56. The number of hydrogen-bond donors (Lipinski definition) is 1. The number of aliphatic hydroxyl groups is 1. The van der Waals surface area contributed by atoms with Gasteiger partial charge in [-0.3, -0.25) is 4.79 Å². The first kappa shape index (κ1) is 15.3. The van der Waals surface area contributed by atoms with Gasteiger partial charge in [0.1, 0.15) is 0 Å². The molecule has 0 aromatic heterocycles. The van der Waals surface area contributed by atoms with Crippen LogP contribution in [0.15, 0.2) is 59.5 Å². The summed E-state index contributed by atoms with van der Waals surface area (Å²) in [7, 11) is 0. The summed E-state index contributed by atoms with van der Waals surface area (Å²) in [6.45, 7) is 1.73. The van der Waals surface area contributed by atoms with E-state index in [-0.39, 0.29) is 17.0 Å². The van der Waals surface area contributed by atoms with Crippen LogP contribution < -0.4 is 0 Å². The zero-order valence-electron chi connectivity index (χ0n) is 12.6. The van der Waals surface area contributed by atoms with Crippen LogP contribution in [0.2, 0.25) is 0 Å². The van der Waals surface area contributed by atoms with Crippen LogP contribution in [0.25, 0.3) is 0 Å². The standard InChI is InChI=1S/C19H20O2S/c1-13(20)18-17(12-11-14-7-3-2-4-8-14)22-16-10-6-5-9-15(16)19(18)21/h2-10,13,17-18,20H,11-12H2,1H3/t13-,17-,18+/m1/s1. The average Bonchev–Trinajstić information content (AvgIpc) is 2.53. The number of thioether (sulfide) groups is 1. The Kier molecular flexibility index (Phi) is 4.65. The molecular formula is C19H20O2S. The molecule has 2 aromatic rings. The molecule has 1 aliphatic rings. The van der Waals surface area contributed by atoms with E-state index >= 15 is 0 Å². The summed E-state index contributed by atoms with van der Waals surface area (Å²) in [4.78, 5) is 13.8. The maximum absolute atomic E-state index is 12.7. The smallest absolute Gasteiger partial charge is 0.170 e. The van der Waals surface area contributed by atoms with Crippen LogP contribution in [0.3, 0.4) is 0 Å². The highest BCUT2D eigenvalue weighted by Gasteiger charge is 2.38. The van der Waals surface area contributed by atoms with Crippen molar-refractivity contribution in [2.24, 2.45) is 5.92 Å². The number of Topliss-reactive ketones (excluding diaryl/α,β-unsaturated/α-hetero) is 1. The van der Waals surface area contributed by atoms with Crippen molar-refractivity contribution in [2.75, 3.05) is 0 Å². The van der Waals surface area contributed by atoms with Crippen LogP contribution in [0, 0.1) is 5.92 Å². The number of aliphatic hydroxyl groups excluding tert-OH is 1. The minimum absolute atomic E-state index is 0.0856. The molecule has 3 rings (SSSR count). The van der Waals surface area contributed by atoms with Crippen LogP contribution >= 0.6 is 11.8 Å². The Morgan fingerprint density at radius 1 is 1.09 bits per heavy atom. The molecule has 22 heavy (non-hydrogen) atoms. The second-order valence-corrected chi connectivity index (χ2v) is 7.09. The fraction of sp³-hybridized carbons (Fsp3) is 0.316. The van der Waals surface area contributed by atoms with Gasteiger partial charge in [-0.15, -0.1) is 11.8 Å². The highest BCUT2D eigenvalue weighted by molar-refractivity contribution is 8.00. The quantitative estimate of drug-likeness (QED) is 0.928. The molecule has 3 heteroatoms. The number of ketones is 1. The van der Waals surface area contributed by atoms with Crippen molar-refractivity contribution in [3.8, 4) is 0 Å². The Labute approximate surface area is 135 Å². The molecule has 0 saturated carbocycles. The molecule has 0 unspecified atom stereocenters. The Bertz CT molecular complexity index is 651. The lowest BCUT2D eigenvalue weighted by Gasteiger charge is -2.33. The molecular weight excluding hydrogens is 292 g/mol. The maximum atomic E-state index is 12.7. The fourth-order valence-corrected chi connectivity index (χ4v) is 4.59. The lowest BCUT2D eigenvalue weighted by molar-refractivity contribution is 0.0707. The van der Waals surface area contributed by atoms with Crippen LogP contribution in [-0.4, -0.2) is 22.2 Å². The minimum atomic E-state index is -0.617. The summed E-state index contributed by atoms with van der Waals surface area (Å²) < 4.78 is 0. The number of benzene rings is 2. The molecule has 2 aromatic carbocycles. The van der Waals surface area contributed by atoms with E-state index in [9.17, 15) is 9.90 Å². The van der Waals surface area contributed by atoms with Crippen LogP contribution in [0.5, 0.6) is 0 Å². The molecule has 2 nitrogen and oxygen atoms in total. The summed E-state index contributed by atoms with van der Waals surface area (Å²) >= 11 is 1.74. The molecule has 1 N–H and O–H groups in total. The number of carbonyl (C=O) groups is 1. The van der Waals surface area contributed by atoms with E-state index in [0.29, 0.717) is 0 Å². The van der Waals surface area contributed by atoms with Gasteiger partial charge in [0.15, 0.2) is 5.78 Å². The maximum Gasteiger partial charge on any atom is 0.170 e. The highest BCUT2D eigenvalue weighted by Crippen LogP contribution is 2.41. The summed E-state index contributed by atoms with van der Waals surface area (Å²) in [6, 6.07) is 18.0. The van der Waals surface area contributed by atoms with E-state index in [1.165, 1.54) is 5.56 Å². The van der Waals surface area contributed by atoms with Crippen molar-refractivity contribution in [3.63, 3.8) is 0 Å². The Hall–Kier alpha value is -1.58. The van der Waals surface area contributed by atoms with Crippen molar-refractivity contribution in [1.29, 1.82) is 0 Å². The van der Waals surface area contributed by atoms with Crippen molar-refractivity contribution in [1.82, 2.24) is 0 Å². The molecule has 1 heterocycles. The average molecular weight is 312 g/mol. The summed E-state index contributed by atoms with van der Waals surface area (Å²) in [6.07, 6.45) is 1.20. The Morgan fingerprint density at radius 3 is 2.50 bits per heavy atom. The first-order chi connectivity index (χ1) is 10.7. The van der Waals surface area contributed by atoms with Gasteiger partial charge in [-0.1, -0.05) is 48.5 Å². The number of aryl methyl sites for hydroxylation is 1. The topological polar surface area (TPSA) is 37.3 Å². The van der Waals surface area contributed by atoms with Gasteiger partial charge in [-0.25, -0.2) is 0 Å². The predicted octanol–water partition coefficient (Wildman–Crippen LogP) is 3.97. The van der Waals surface area contributed by atoms with Crippen molar-refractivity contribution in [2.45, 2.75) is 36.0 Å². The molecule has 3 atom stereocenters. The third kappa shape index (κ3) is 3.11. The minimum Gasteiger partial charge on any atom is -0.393 e. The Balaban J connectivity index is 1.81. The van der Waals surface area contributed by atoms with E-state index < -0.39 is 6.10 Å². The lowest BCUT2D eigenvalue weighted by Crippen LogP contribution is -2.38. The van der Waals surface area contributed by atoms with Gasteiger partial charge >= 0.3 is 0 Å². The molecule has 0 aliphatic carbocycles. The van der Waals surface area contributed by atoms with E-state index in [1.54, 1.807) is 18.7 Å². The lowest BCUT2D eigenvalue weighted by atomic mass is 9.87. The van der Waals surface area contributed by atoms with Crippen molar-refractivity contribution >= 4 is 17.5 Å². The van der Waals surface area contributed by atoms with Gasteiger partial charge in [0, 0.05) is 15.7 Å². The molecule has 1 aliphatic heterocycles. The van der Waals surface area contributed by atoms with E-state index in [2.05, 4.69) is 12.1 Å². The summed E-state index contributed by atoms with van der Waals surface area (Å²) in [5.41, 5.74) is 2.04.